The number of para-hydroxylation sites is 1. The van der Waals surface area contributed by atoms with Crippen molar-refractivity contribution in [3.8, 4) is 5.69 Å². The Morgan fingerprint density at radius 1 is 1.10 bits per heavy atom. The van der Waals surface area contributed by atoms with Crippen LogP contribution >= 0.6 is 15.9 Å². The first-order valence-corrected chi connectivity index (χ1v) is 10.3. The van der Waals surface area contributed by atoms with E-state index < -0.39 is 11.6 Å². The Bertz CT molecular complexity index is 1080. The van der Waals surface area contributed by atoms with Gasteiger partial charge in [0.05, 0.1) is 18.6 Å². The summed E-state index contributed by atoms with van der Waals surface area (Å²) in [5, 5.41) is 7.25. The van der Waals surface area contributed by atoms with Gasteiger partial charge in [0.15, 0.2) is 0 Å². The Morgan fingerprint density at radius 3 is 2.53 bits per heavy atom. The lowest BCUT2D eigenvalue weighted by molar-refractivity contribution is -0.132. The van der Waals surface area contributed by atoms with Crippen molar-refractivity contribution in [3.05, 3.63) is 82.6 Å². The molecule has 1 saturated heterocycles. The maximum atomic E-state index is 13.1. The first-order chi connectivity index (χ1) is 14.4. The van der Waals surface area contributed by atoms with E-state index in [-0.39, 0.29) is 12.6 Å². The summed E-state index contributed by atoms with van der Waals surface area (Å²) < 4.78 is 2.59. The highest BCUT2D eigenvalue weighted by Crippen LogP contribution is 2.33. The molecule has 1 atom stereocenters. The second-order valence-electron chi connectivity index (χ2n) is 7.55. The molecule has 0 bridgehead atoms. The lowest BCUT2D eigenvalue weighted by Gasteiger charge is -2.25. The van der Waals surface area contributed by atoms with E-state index in [1.807, 2.05) is 72.7 Å². The molecule has 0 spiro atoms. The summed E-state index contributed by atoms with van der Waals surface area (Å²) in [5.74, 6) is -0.272. The summed E-state index contributed by atoms with van der Waals surface area (Å²) in [7, 11) is 1.87. The van der Waals surface area contributed by atoms with Crippen LogP contribution in [0.15, 0.2) is 71.5 Å². The van der Waals surface area contributed by atoms with E-state index in [4.69, 9.17) is 0 Å². The minimum absolute atomic E-state index is 0.182. The smallest absolute Gasteiger partial charge is 0.319 e. The molecule has 30 heavy (non-hydrogen) atoms. The maximum Gasteiger partial charge on any atom is 0.326 e. The van der Waals surface area contributed by atoms with Gasteiger partial charge in [-0.1, -0.05) is 52.3 Å². The van der Waals surface area contributed by atoms with Crippen LogP contribution in [0.4, 0.5) is 4.79 Å². The van der Waals surface area contributed by atoms with Crippen LogP contribution in [0, 0.1) is 0 Å². The van der Waals surface area contributed by atoms with Gasteiger partial charge in [0.25, 0.3) is 5.91 Å². The predicted octanol–water partition coefficient (Wildman–Crippen LogP) is 3.49. The van der Waals surface area contributed by atoms with Crippen LogP contribution in [0.5, 0.6) is 0 Å². The molecule has 0 radical (unpaired) electrons. The first-order valence-electron chi connectivity index (χ1n) is 9.55. The summed E-state index contributed by atoms with van der Waals surface area (Å²) >= 11 is 3.48. The van der Waals surface area contributed by atoms with Gasteiger partial charge in [0.2, 0.25) is 0 Å². The van der Waals surface area contributed by atoms with E-state index >= 15 is 0 Å². The Labute approximate surface area is 183 Å². The van der Waals surface area contributed by atoms with Crippen molar-refractivity contribution in [2.24, 2.45) is 0 Å². The zero-order chi connectivity index (χ0) is 21.3. The molecule has 8 heteroatoms. The average Bonchev–Trinajstić information content (AvgIpc) is 3.28. The van der Waals surface area contributed by atoms with E-state index in [2.05, 4.69) is 26.3 Å². The largest absolute Gasteiger partial charge is 0.326 e. The number of imide groups is 1. The fourth-order valence-electron chi connectivity index (χ4n) is 3.64. The summed E-state index contributed by atoms with van der Waals surface area (Å²) in [4.78, 5) is 28.9. The topological polar surface area (TPSA) is 70.5 Å². The molecule has 1 aliphatic rings. The number of amides is 3. The number of nitrogens with zero attached hydrogens (tertiary/aromatic N) is 4. The minimum atomic E-state index is -1.10. The number of carbonyl (C=O) groups excluding carboxylic acids is 2. The molecule has 2 heterocycles. The first kappa shape index (κ1) is 20.3. The number of nitrogens with one attached hydrogen (secondary N) is 1. The van der Waals surface area contributed by atoms with Gasteiger partial charge in [-0.2, -0.15) is 5.10 Å². The summed E-state index contributed by atoms with van der Waals surface area (Å²) in [6.07, 6.45) is 3.74. The van der Waals surface area contributed by atoms with Gasteiger partial charge in [-0.3, -0.25) is 9.69 Å². The minimum Gasteiger partial charge on any atom is -0.319 e. The van der Waals surface area contributed by atoms with Crippen molar-refractivity contribution in [2.75, 3.05) is 13.7 Å². The van der Waals surface area contributed by atoms with Gasteiger partial charge in [-0.15, -0.1) is 0 Å². The number of rotatable bonds is 6. The van der Waals surface area contributed by atoms with Gasteiger partial charge < -0.3 is 5.32 Å². The van der Waals surface area contributed by atoms with Crippen molar-refractivity contribution >= 4 is 27.9 Å². The van der Waals surface area contributed by atoms with Crippen molar-refractivity contribution in [3.63, 3.8) is 0 Å². The molecule has 0 aliphatic carbocycles. The Kier molecular flexibility index (Phi) is 5.44. The molecule has 4 rings (SSSR count). The molecular formula is C22H22BrN5O2. The fourth-order valence-corrected chi connectivity index (χ4v) is 4.32. The second-order valence-corrected chi connectivity index (χ2v) is 8.41. The molecule has 7 nitrogen and oxygen atoms in total. The summed E-state index contributed by atoms with van der Waals surface area (Å²) in [6, 6.07) is 16.9. The molecule has 3 amide bonds. The molecule has 1 fully saturated rings. The lowest BCUT2D eigenvalue weighted by atomic mass is 9.92. The van der Waals surface area contributed by atoms with Crippen molar-refractivity contribution < 1.29 is 9.59 Å². The van der Waals surface area contributed by atoms with Crippen LogP contribution < -0.4 is 5.32 Å². The third kappa shape index (κ3) is 3.76. The fraction of sp³-hybridized carbons (Fsp3) is 0.227. The highest BCUT2D eigenvalue weighted by molar-refractivity contribution is 9.10. The van der Waals surface area contributed by atoms with E-state index in [0.717, 1.165) is 21.3 Å². The van der Waals surface area contributed by atoms with Gasteiger partial charge in [0.1, 0.15) is 5.54 Å². The van der Waals surface area contributed by atoms with Gasteiger partial charge in [0, 0.05) is 28.3 Å². The molecule has 1 N–H and O–H groups in total. The zero-order valence-electron chi connectivity index (χ0n) is 16.7. The van der Waals surface area contributed by atoms with Crippen molar-refractivity contribution in [1.82, 2.24) is 24.9 Å². The number of aromatic nitrogens is 2. The van der Waals surface area contributed by atoms with Crippen LogP contribution in [-0.4, -0.2) is 45.2 Å². The lowest BCUT2D eigenvalue weighted by Crippen LogP contribution is -2.43. The molecule has 3 aromatic rings. The molecular weight excluding hydrogens is 446 g/mol. The normalized spacial score (nSPS) is 18.9. The van der Waals surface area contributed by atoms with E-state index in [1.165, 1.54) is 4.90 Å². The van der Waals surface area contributed by atoms with Gasteiger partial charge in [-0.05, 0) is 32.2 Å². The molecule has 2 aromatic carbocycles. The molecule has 1 unspecified atom stereocenters. The SMILES string of the molecule is CN(Cc1cnn(-c2ccccc2)c1)CN1C(=O)NC(C)(c2ccccc2Br)C1=O. The number of hydrogen-bond donors (Lipinski definition) is 1. The van der Waals surface area contributed by atoms with Crippen LogP contribution in [0.25, 0.3) is 5.69 Å². The molecule has 154 valence electrons. The van der Waals surface area contributed by atoms with Crippen LogP contribution in [0.1, 0.15) is 18.1 Å². The van der Waals surface area contributed by atoms with Crippen LogP contribution in [-0.2, 0) is 16.9 Å². The quantitative estimate of drug-likeness (QED) is 0.563. The summed E-state index contributed by atoms with van der Waals surface area (Å²) in [5.41, 5.74) is 1.60. The number of halogens is 1. The maximum absolute atomic E-state index is 13.1. The number of benzene rings is 2. The Hall–Kier alpha value is -2.97. The van der Waals surface area contributed by atoms with Crippen molar-refractivity contribution in [2.45, 2.75) is 19.0 Å². The third-order valence-corrected chi connectivity index (χ3v) is 5.87. The standard InChI is InChI=1S/C22H22BrN5O2/c1-22(18-10-6-7-11-19(18)23)20(29)27(21(30)25-22)15-26(2)13-16-12-24-28(14-16)17-8-4-3-5-9-17/h3-12,14H,13,15H2,1-2H3,(H,25,30). The Balaban J connectivity index is 1.45. The van der Waals surface area contributed by atoms with Gasteiger partial charge in [-0.25, -0.2) is 14.4 Å². The predicted molar refractivity (Wildman–Crippen MR) is 117 cm³/mol. The third-order valence-electron chi connectivity index (χ3n) is 5.18. The Morgan fingerprint density at radius 2 is 1.80 bits per heavy atom. The van der Waals surface area contributed by atoms with E-state index in [0.29, 0.717) is 6.54 Å². The highest BCUT2D eigenvalue weighted by atomic mass is 79.9. The van der Waals surface area contributed by atoms with Crippen LogP contribution in [0.3, 0.4) is 0 Å². The van der Waals surface area contributed by atoms with E-state index in [9.17, 15) is 9.59 Å². The average molecular weight is 468 g/mol. The summed E-state index contributed by atoms with van der Waals surface area (Å²) in [6.45, 7) is 2.47. The highest BCUT2D eigenvalue weighted by Gasteiger charge is 2.49. The zero-order valence-corrected chi connectivity index (χ0v) is 18.3. The molecule has 1 aromatic heterocycles. The number of carbonyl (C=O) groups is 2. The number of urea groups is 1. The second kappa shape index (κ2) is 8.04. The van der Waals surface area contributed by atoms with E-state index in [1.54, 1.807) is 17.8 Å². The number of hydrogen-bond acceptors (Lipinski definition) is 4. The monoisotopic (exact) mass is 467 g/mol. The molecule has 1 aliphatic heterocycles. The molecule has 0 saturated carbocycles. The van der Waals surface area contributed by atoms with Crippen molar-refractivity contribution in [1.29, 1.82) is 0 Å². The van der Waals surface area contributed by atoms with Gasteiger partial charge >= 0.3 is 6.03 Å². The van der Waals surface area contributed by atoms with Crippen LogP contribution in [0.2, 0.25) is 0 Å².